The van der Waals surface area contributed by atoms with Crippen LogP contribution < -0.4 is 10.1 Å². The van der Waals surface area contributed by atoms with Crippen LogP contribution in [-0.2, 0) is 6.54 Å². The predicted molar refractivity (Wildman–Crippen MR) is 81.1 cm³/mol. The van der Waals surface area contributed by atoms with Crippen LogP contribution in [0.3, 0.4) is 0 Å². The van der Waals surface area contributed by atoms with Crippen LogP contribution in [0, 0.1) is 0 Å². The maximum absolute atomic E-state index is 9.66. The number of ether oxygens (including phenoxy) is 1. The van der Waals surface area contributed by atoms with Gasteiger partial charge in [0.1, 0.15) is 0 Å². The standard InChI is InChI=1S/C15H23NO2S/c1-3-18-14-9-12(5-6-13(14)17)10-16-11-15(19-2)7-4-8-15/h5-6,9,16-17H,3-4,7-8,10-11H2,1-2H3. The minimum absolute atomic E-state index is 0.213. The Morgan fingerprint density at radius 1 is 1.42 bits per heavy atom. The van der Waals surface area contributed by atoms with Gasteiger partial charge in [-0.15, -0.1) is 0 Å². The van der Waals surface area contributed by atoms with Crippen molar-refractivity contribution in [3.05, 3.63) is 23.8 Å². The third kappa shape index (κ3) is 3.57. The summed E-state index contributed by atoms with van der Waals surface area (Å²) in [4.78, 5) is 0. The average Bonchev–Trinajstić information content (AvgIpc) is 2.37. The summed E-state index contributed by atoms with van der Waals surface area (Å²) in [5.41, 5.74) is 1.15. The zero-order valence-electron chi connectivity index (χ0n) is 11.7. The molecule has 1 saturated carbocycles. The molecule has 0 heterocycles. The van der Waals surface area contributed by atoms with Gasteiger partial charge in [0.25, 0.3) is 0 Å². The van der Waals surface area contributed by atoms with E-state index in [2.05, 4.69) is 11.6 Å². The molecular formula is C15H23NO2S. The molecule has 1 fully saturated rings. The van der Waals surface area contributed by atoms with Crippen molar-refractivity contribution in [3.8, 4) is 11.5 Å². The first kappa shape index (κ1) is 14.5. The third-order valence-corrected chi connectivity index (χ3v) is 5.22. The molecule has 4 heteroatoms. The number of phenols is 1. The highest BCUT2D eigenvalue weighted by Crippen LogP contribution is 2.42. The molecule has 3 nitrogen and oxygen atoms in total. The molecule has 106 valence electrons. The minimum atomic E-state index is 0.213. The quantitative estimate of drug-likeness (QED) is 0.805. The third-order valence-electron chi connectivity index (χ3n) is 3.80. The zero-order chi connectivity index (χ0) is 13.7. The van der Waals surface area contributed by atoms with Crippen LogP contribution in [0.2, 0.25) is 0 Å². The lowest BCUT2D eigenvalue weighted by atomic mass is 9.84. The SMILES string of the molecule is CCOc1cc(CNCC2(SC)CCC2)ccc1O. The molecule has 0 radical (unpaired) electrons. The molecule has 2 rings (SSSR count). The van der Waals surface area contributed by atoms with Crippen LogP contribution in [0.5, 0.6) is 11.5 Å². The fourth-order valence-corrected chi connectivity index (χ4v) is 3.34. The molecule has 19 heavy (non-hydrogen) atoms. The Kier molecular flexibility index (Phi) is 4.99. The van der Waals surface area contributed by atoms with Crippen molar-refractivity contribution in [2.24, 2.45) is 0 Å². The summed E-state index contributed by atoms with van der Waals surface area (Å²) < 4.78 is 5.85. The van der Waals surface area contributed by atoms with E-state index in [0.29, 0.717) is 17.1 Å². The molecule has 0 spiro atoms. The first-order valence-corrected chi connectivity index (χ1v) is 8.12. The first-order valence-electron chi connectivity index (χ1n) is 6.90. The first-order chi connectivity index (χ1) is 9.19. The summed E-state index contributed by atoms with van der Waals surface area (Å²) in [5.74, 6) is 0.787. The lowest BCUT2D eigenvalue weighted by Gasteiger charge is -2.40. The molecule has 0 unspecified atom stereocenters. The summed E-state index contributed by atoms with van der Waals surface area (Å²) in [7, 11) is 0. The predicted octanol–water partition coefficient (Wildman–Crippen LogP) is 3.17. The molecule has 0 aromatic heterocycles. The van der Waals surface area contributed by atoms with Crippen LogP contribution in [0.1, 0.15) is 31.7 Å². The van der Waals surface area contributed by atoms with Gasteiger partial charge in [-0.3, -0.25) is 0 Å². The summed E-state index contributed by atoms with van der Waals surface area (Å²) in [5, 5.41) is 13.2. The molecule has 1 aromatic carbocycles. The lowest BCUT2D eigenvalue weighted by molar-refractivity contribution is 0.317. The smallest absolute Gasteiger partial charge is 0.161 e. The van der Waals surface area contributed by atoms with Gasteiger partial charge in [0.2, 0.25) is 0 Å². The van der Waals surface area contributed by atoms with Crippen molar-refractivity contribution in [1.82, 2.24) is 5.32 Å². The number of phenolic OH excluding ortho intramolecular Hbond substituents is 1. The van der Waals surface area contributed by atoms with Gasteiger partial charge >= 0.3 is 0 Å². The van der Waals surface area contributed by atoms with Gasteiger partial charge in [-0.05, 0) is 43.7 Å². The van der Waals surface area contributed by atoms with E-state index in [1.54, 1.807) is 6.07 Å². The molecule has 0 atom stereocenters. The minimum Gasteiger partial charge on any atom is -0.504 e. The second kappa shape index (κ2) is 6.53. The molecule has 1 aliphatic carbocycles. The summed E-state index contributed by atoms with van der Waals surface area (Å²) in [6.45, 7) is 4.37. The number of hydrogen-bond donors (Lipinski definition) is 2. The van der Waals surface area contributed by atoms with Gasteiger partial charge in [-0.2, -0.15) is 11.8 Å². The van der Waals surface area contributed by atoms with Crippen molar-refractivity contribution in [2.45, 2.75) is 37.5 Å². The Labute approximate surface area is 119 Å². The van der Waals surface area contributed by atoms with E-state index in [4.69, 9.17) is 4.74 Å². The van der Waals surface area contributed by atoms with Gasteiger partial charge in [0.15, 0.2) is 11.5 Å². The fourth-order valence-electron chi connectivity index (χ4n) is 2.40. The van der Waals surface area contributed by atoms with Crippen LogP contribution in [0.4, 0.5) is 0 Å². The van der Waals surface area contributed by atoms with E-state index in [1.807, 2.05) is 30.8 Å². The van der Waals surface area contributed by atoms with Gasteiger partial charge in [0, 0.05) is 17.8 Å². The molecule has 0 bridgehead atoms. The number of nitrogens with one attached hydrogen (secondary N) is 1. The van der Waals surface area contributed by atoms with Crippen molar-refractivity contribution < 1.29 is 9.84 Å². The number of benzene rings is 1. The number of hydrogen-bond acceptors (Lipinski definition) is 4. The molecule has 0 amide bonds. The van der Waals surface area contributed by atoms with Gasteiger partial charge in [-0.1, -0.05) is 12.5 Å². The molecule has 2 N–H and O–H groups in total. The second-order valence-electron chi connectivity index (χ2n) is 5.08. The number of rotatable bonds is 7. The Morgan fingerprint density at radius 3 is 2.79 bits per heavy atom. The van der Waals surface area contributed by atoms with Gasteiger partial charge < -0.3 is 15.2 Å². The highest BCUT2D eigenvalue weighted by molar-refractivity contribution is 8.00. The highest BCUT2D eigenvalue weighted by Gasteiger charge is 2.35. The van der Waals surface area contributed by atoms with Crippen LogP contribution in [0.15, 0.2) is 18.2 Å². The van der Waals surface area contributed by atoms with E-state index in [0.717, 1.165) is 18.7 Å². The Balaban J connectivity index is 1.87. The van der Waals surface area contributed by atoms with Gasteiger partial charge in [-0.25, -0.2) is 0 Å². The average molecular weight is 281 g/mol. The molecule has 1 aliphatic rings. The van der Waals surface area contributed by atoms with E-state index in [1.165, 1.54) is 19.3 Å². The summed E-state index contributed by atoms with van der Waals surface area (Å²) in [6, 6.07) is 5.56. The highest BCUT2D eigenvalue weighted by atomic mass is 32.2. The molecule has 0 aliphatic heterocycles. The van der Waals surface area contributed by atoms with Crippen LogP contribution >= 0.6 is 11.8 Å². The maximum atomic E-state index is 9.66. The monoisotopic (exact) mass is 281 g/mol. The van der Waals surface area contributed by atoms with E-state index >= 15 is 0 Å². The van der Waals surface area contributed by atoms with Crippen molar-refractivity contribution in [2.75, 3.05) is 19.4 Å². The maximum Gasteiger partial charge on any atom is 0.161 e. The Hall–Kier alpha value is -0.870. The van der Waals surface area contributed by atoms with Gasteiger partial charge in [0.05, 0.1) is 6.61 Å². The topological polar surface area (TPSA) is 41.5 Å². The number of aromatic hydroxyl groups is 1. The van der Waals surface area contributed by atoms with E-state index < -0.39 is 0 Å². The van der Waals surface area contributed by atoms with Crippen molar-refractivity contribution in [3.63, 3.8) is 0 Å². The normalized spacial score (nSPS) is 16.9. The largest absolute Gasteiger partial charge is 0.504 e. The van der Waals surface area contributed by atoms with Crippen molar-refractivity contribution >= 4 is 11.8 Å². The summed E-state index contributed by atoms with van der Waals surface area (Å²) >= 11 is 1.98. The Morgan fingerprint density at radius 2 is 2.21 bits per heavy atom. The molecular weight excluding hydrogens is 258 g/mol. The lowest BCUT2D eigenvalue weighted by Crippen LogP contribution is -2.43. The Bertz CT molecular complexity index is 413. The van der Waals surface area contributed by atoms with E-state index in [9.17, 15) is 5.11 Å². The second-order valence-corrected chi connectivity index (χ2v) is 6.35. The summed E-state index contributed by atoms with van der Waals surface area (Å²) in [6.07, 6.45) is 6.20. The van der Waals surface area contributed by atoms with Crippen molar-refractivity contribution in [1.29, 1.82) is 0 Å². The van der Waals surface area contributed by atoms with Crippen LogP contribution in [0.25, 0.3) is 0 Å². The van der Waals surface area contributed by atoms with E-state index in [-0.39, 0.29) is 5.75 Å². The fraction of sp³-hybridized carbons (Fsp3) is 0.600. The molecule has 1 aromatic rings. The van der Waals surface area contributed by atoms with Crippen LogP contribution in [-0.4, -0.2) is 29.3 Å². The molecule has 0 saturated heterocycles. The number of thioether (sulfide) groups is 1. The zero-order valence-corrected chi connectivity index (χ0v) is 12.6.